The topological polar surface area (TPSA) is 96.0 Å². The maximum atomic E-state index is 13.0. The minimum atomic E-state index is -0.584. The van der Waals surface area contributed by atoms with Gasteiger partial charge in [-0.1, -0.05) is 31.0 Å². The molecule has 0 aliphatic carbocycles. The fourth-order valence-electron chi connectivity index (χ4n) is 4.26. The predicted octanol–water partition coefficient (Wildman–Crippen LogP) is 5.88. The Labute approximate surface area is 231 Å². The number of nitrogens with one attached hydrogen (secondary N) is 1. The molecule has 4 rings (SSSR count). The number of halogens is 1. The number of esters is 1. The van der Waals surface area contributed by atoms with Crippen LogP contribution >= 0.6 is 23.4 Å². The molecule has 2 aliphatic rings. The largest absolute Gasteiger partial charge is 0.462 e. The number of carbonyl (C=O) groups excluding carboxylic acids is 4. The number of benzene rings is 2. The third kappa shape index (κ3) is 6.57. The Morgan fingerprint density at radius 3 is 2.61 bits per heavy atom. The van der Waals surface area contributed by atoms with Crippen molar-refractivity contribution in [2.45, 2.75) is 39.5 Å². The molecule has 3 amide bonds. The SMILES string of the molecule is CCCCOC(=O)c1cc(NC(=O)CN2C(=O)S/C(=C/c3ccc(N4CCCC4)cc3C)C2=O)ccc1Cl. The molecule has 2 saturated heterocycles. The van der Waals surface area contributed by atoms with Crippen molar-refractivity contribution in [1.29, 1.82) is 0 Å². The molecule has 200 valence electrons. The molecule has 0 spiro atoms. The van der Waals surface area contributed by atoms with Crippen LogP contribution in [0.5, 0.6) is 0 Å². The second kappa shape index (κ2) is 12.5. The molecule has 0 unspecified atom stereocenters. The van der Waals surface area contributed by atoms with Gasteiger partial charge in [0.05, 0.1) is 22.1 Å². The number of aryl methyl sites for hydroxylation is 1. The monoisotopic (exact) mass is 555 g/mol. The Balaban J connectivity index is 1.40. The van der Waals surface area contributed by atoms with E-state index in [4.69, 9.17) is 16.3 Å². The molecule has 2 aromatic rings. The molecule has 2 fully saturated rings. The first-order valence-corrected chi connectivity index (χ1v) is 13.8. The zero-order valence-electron chi connectivity index (χ0n) is 21.4. The number of hydrogen-bond acceptors (Lipinski definition) is 7. The first-order valence-electron chi connectivity index (χ1n) is 12.6. The Kier molecular flexibility index (Phi) is 9.12. The third-order valence-electron chi connectivity index (χ3n) is 6.39. The molecule has 38 heavy (non-hydrogen) atoms. The minimum Gasteiger partial charge on any atom is -0.462 e. The predicted molar refractivity (Wildman–Crippen MR) is 151 cm³/mol. The molecule has 1 N–H and O–H groups in total. The van der Waals surface area contributed by atoms with Crippen molar-refractivity contribution in [2.24, 2.45) is 0 Å². The number of nitrogens with zero attached hydrogens (tertiary/aromatic N) is 2. The van der Waals surface area contributed by atoms with Crippen LogP contribution in [-0.4, -0.2) is 54.2 Å². The first kappa shape index (κ1) is 27.7. The Bertz CT molecular complexity index is 1290. The van der Waals surface area contributed by atoms with Gasteiger partial charge in [0.15, 0.2) is 0 Å². The molecule has 2 aromatic carbocycles. The fraction of sp³-hybridized carbons (Fsp3) is 0.357. The van der Waals surface area contributed by atoms with E-state index < -0.39 is 29.6 Å². The molecule has 2 aliphatic heterocycles. The van der Waals surface area contributed by atoms with E-state index in [0.29, 0.717) is 5.69 Å². The summed E-state index contributed by atoms with van der Waals surface area (Å²) in [5, 5.41) is 2.31. The van der Waals surface area contributed by atoms with Crippen LogP contribution in [0.2, 0.25) is 5.02 Å². The van der Waals surface area contributed by atoms with Crippen LogP contribution in [0.25, 0.3) is 6.08 Å². The summed E-state index contributed by atoms with van der Waals surface area (Å²) < 4.78 is 5.20. The number of ether oxygens (including phenoxy) is 1. The zero-order chi connectivity index (χ0) is 27.2. The number of imide groups is 1. The van der Waals surface area contributed by atoms with E-state index in [2.05, 4.69) is 16.3 Å². The number of amides is 3. The summed E-state index contributed by atoms with van der Waals surface area (Å²) >= 11 is 6.94. The van der Waals surface area contributed by atoms with Gasteiger partial charge in [-0.25, -0.2) is 4.79 Å². The molecule has 0 saturated carbocycles. The van der Waals surface area contributed by atoms with Crippen LogP contribution in [0, 0.1) is 6.92 Å². The standard InChI is InChI=1S/C28H30ClN3O5S/c1-3-4-13-37-27(35)22-16-20(8-10-23(22)29)30-25(33)17-32-26(34)24(38-28(32)36)15-19-7-9-21(14-18(19)2)31-11-5-6-12-31/h7-10,14-16H,3-6,11-13,17H2,1-2H3,(H,30,33)/b24-15+. The van der Waals surface area contributed by atoms with Crippen molar-refractivity contribution in [1.82, 2.24) is 4.90 Å². The number of unbranched alkanes of at least 4 members (excludes halogenated alkanes) is 1. The summed E-state index contributed by atoms with van der Waals surface area (Å²) in [5.74, 6) is -1.68. The van der Waals surface area contributed by atoms with E-state index in [-0.39, 0.29) is 22.1 Å². The van der Waals surface area contributed by atoms with E-state index in [1.807, 2.05) is 26.0 Å². The van der Waals surface area contributed by atoms with E-state index in [9.17, 15) is 19.2 Å². The quantitative estimate of drug-likeness (QED) is 0.234. The van der Waals surface area contributed by atoms with Gasteiger partial charge in [0.25, 0.3) is 11.1 Å². The van der Waals surface area contributed by atoms with E-state index in [1.165, 1.54) is 31.0 Å². The van der Waals surface area contributed by atoms with Crippen molar-refractivity contribution < 1.29 is 23.9 Å². The number of hydrogen-bond donors (Lipinski definition) is 1. The van der Waals surface area contributed by atoms with Crippen LogP contribution in [-0.2, 0) is 14.3 Å². The number of carbonyl (C=O) groups is 4. The highest BCUT2D eigenvalue weighted by Crippen LogP contribution is 2.33. The molecule has 0 bridgehead atoms. The summed E-state index contributed by atoms with van der Waals surface area (Å²) in [6.07, 6.45) is 5.68. The highest BCUT2D eigenvalue weighted by Gasteiger charge is 2.36. The molecule has 8 nitrogen and oxygen atoms in total. The smallest absolute Gasteiger partial charge is 0.339 e. The van der Waals surface area contributed by atoms with Gasteiger partial charge in [0.1, 0.15) is 6.54 Å². The highest BCUT2D eigenvalue weighted by atomic mass is 35.5. The average Bonchev–Trinajstić information content (AvgIpc) is 3.51. The number of rotatable bonds is 9. The molecule has 10 heteroatoms. The van der Waals surface area contributed by atoms with Gasteiger partial charge in [0, 0.05) is 24.5 Å². The van der Waals surface area contributed by atoms with Crippen LogP contribution in [0.4, 0.5) is 16.2 Å². The maximum absolute atomic E-state index is 13.0. The molecule has 0 aromatic heterocycles. The molecular formula is C28H30ClN3O5S. The van der Waals surface area contributed by atoms with Crippen LogP contribution in [0.3, 0.4) is 0 Å². The molecule has 0 radical (unpaired) electrons. The van der Waals surface area contributed by atoms with Crippen molar-refractivity contribution in [3.63, 3.8) is 0 Å². The molecular weight excluding hydrogens is 526 g/mol. The maximum Gasteiger partial charge on any atom is 0.339 e. The Hall–Kier alpha value is -3.30. The average molecular weight is 556 g/mol. The van der Waals surface area contributed by atoms with Gasteiger partial charge in [0.2, 0.25) is 5.91 Å². The van der Waals surface area contributed by atoms with Crippen LogP contribution < -0.4 is 10.2 Å². The van der Waals surface area contributed by atoms with Gasteiger partial charge in [-0.15, -0.1) is 0 Å². The zero-order valence-corrected chi connectivity index (χ0v) is 23.0. The van der Waals surface area contributed by atoms with Gasteiger partial charge in [-0.05, 0) is 85.5 Å². The summed E-state index contributed by atoms with van der Waals surface area (Å²) in [7, 11) is 0. The fourth-order valence-corrected chi connectivity index (χ4v) is 5.29. The van der Waals surface area contributed by atoms with Crippen molar-refractivity contribution in [2.75, 3.05) is 36.5 Å². The lowest BCUT2D eigenvalue weighted by molar-refractivity contribution is -0.127. The van der Waals surface area contributed by atoms with Crippen molar-refractivity contribution >= 4 is 63.8 Å². The summed E-state index contributed by atoms with van der Waals surface area (Å²) in [6.45, 7) is 5.87. The number of anilines is 2. The lowest BCUT2D eigenvalue weighted by Crippen LogP contribution is -2.36. The van der Waals surface area contributed by atoms with Gasteiger partial charge < -0.3 is 15.0 Å². The lowest BCUT2D eigenvalue weighted by Gasteiger charge is -2.18. The second-order valence-corrected chi connectivity index (χ2v) is 10.6. The number of thioether (sulfide) groups is 1. The van der Waals surface area contributed by atoms with Crippen molar-refractivity contribution in [3.8, 4) is 0 Å². The summed E-state index contributed by atoms with van der Waals surface area (Å²) in [5.41, 5.74) is 3.44. The third-order valence-corrected chi connectivity index (χ3v) is 7.62. The van der Waals surface area contributed by atoms with E-state index >= 15 is 0 Å². The van der Waals surface area contributed by atoms with Gasteiger partial charge >= 0.3 is 5.97 Å². The second-order valence-electron chi connectivity index (χ2n) is 9.24. The van der Waals surface area contributed by atoms with E-state index in [1.54, 1.807) is 6.08 Å². The van der Waals surface area contributed by atoms with E-state index in [0.717, 1.165) is 59.4 Å². The molecule has 0 atom stereocenters. The van der Waals surface area contributed by atoms with Crippen LogP contribution in [0.1, 0.15) is 54.1 Å². The highest BCUT2D eigenvalue weighted by molar-refractivity contribution is 8.18. The van der Waals surface area contributed by atoms with Gasteiger partial charge in [-0.3, -0.25) is 19.3 Å². The Morgan fingerprint density at radius 1 is 1.13 bits per heavy atom. The first-order chi connectivity index (χ1) is 18.3. The summed E-state index contributed by atoms with van der Waals surface area (Å²) in [6, 6.07) is 10.5. The molecule has 2 heterocycles. The minimum absolute atomic E-state index is 0.126. The Morgan fingerprint density at radius 2 is 1.89 bits per heavy atom. The lowest BCUT2D eigenvalue weighted by atomic mass is 10.1. The van der Waals surface area contributed by atoms with Crippen molar-refractivity contribution in [3.05, 3.63) is 63.0 Å². The normalized spacial score (nSPS) is 16.4. The van der Waals surface area contributed by atoms with Crippen LogP contribution in [0.15, 0.2) is 41.3 Å². The van der Waals surface area contributed by atoms with Gasteiger partial charge in [-0.2, -0.15) is 0 Å². The summed E-state index contributed by atoms with van der Waals surface area (Å²) in [4.78, 5) is 54.0.